The highest BCUT2D eigenvalue weighted by atomic mass is 16.5. The van der Waals surface area contributed by atoms with E-state index in [1.165, 1.54) is 0 Å². The Labute approximate surface area is 123 Å². The van der Waals surface area contributed by atoms with Crippen LogP contribution in [-0.2, 0) is 4.79 Å². The van der Waals surface area contributed by atoms with E-state index in [4.69, 9.17) is 10.5 Å². The van der Waals surface area contributed by atoms with Crippen molar-refractivity contribution < 1.29 is 9.53 Å². The molecule has 5 heteroatoms. The van der Waals surface area contributed by atoms with Gasteiger partial charge in [-0.05, 0) is 44.2 Å². The SMILES string of the molecule is CNC1(C(N)=O)CCC(Oc2cccc3ncccc23)C1. The number of carbonyl (C=O) groups excluding carboxylic acids is 1. The summed E-state index contributed by atoms with van der Waals surface area (Å²) in [7, 11) is 1.77. The molecule has 0 bridgehead atoms. The molecule has 110 valence electrons. The molecule has 3 N–H and O–H groups in total. The molecule has 5 nitrogen and oxygen atoms in total. The van der Waals surface area contributed by atoms with E-state index in [1.807, 2.05) is 30.3 Å². The minimum Gasteiger partial charge on any atom is -0.490 e. The molecule has 1 aromatic carbocycles. The molecule has 1 heterocycles. The van der Waals surface area contributed by atoms with Crippen molar-refractivity contribution in [2.45, 2.75) is 30.9 Å². The van der Waals surface area contributed by atoms with Crippen LogP contribution in [0.1, 0.15) is 19.3 Å². The first-order valence-corrected chi connectivity index (χ1v) is 7.14. The molecule has 0 aliphatic heterocycles. The first-order chi connectivity index (χ1) is 10.1. The van der Waals surface area contributed by atoms with E-state index in [1.54, 1.807) is 13.2 Å². The predicted octanol–water partition coefficient (Wildman–Crippen LogP) is 1.61. The highest BCUT2D eigenvalue weighted by molar-refractivity contribution is 5.86. The van der Waals surface area contributed by atoms with Crippen LogP contribution in [0.15, 0.2) is 36.5 Å². The van der Waals surface area contributed by atoms with Crippen LogP contribution in [0.2, 0.25) is 0 Å². The molecule has 2 aromatic rings. The van der Waals surface area contributed by atoms with Crippen LogP contribution >= 0.6 is 0 Å². The first kappa shape index (κ1) is 13.8. The minimum absolute atomic E-state index is 0.0178. The Morgan fingerprint density at radius 1 is 1.43 bits per heavy atom. The van der Waals surface area contributed by atoms with Crippen molar-refractivity contribution in [3.05, 3.63) is 36.5 Å². The Morgan fingerprint density at radius 3 is 3.00 bits per heavy atom. The number of benzene rings is 1. The van der Waals surface area contributed by atoms with Gasteiger partial charge in [-0.3, -0.25) is 9.78 Å². The van der Waals surface area contributed by atoms with Gasteiger partial charge in [0.15, 0.2) is 0 Å². The van der Waals surface area contributed by atoms with E-state index in [0.29, 0.717) is 12.8 Å². The first-order valence-electron chi connectivity index (χ1n) is 7.14. The lowest BCUT2D eigenvalue weighted by Gasteiger charge is -2.25. The van der Waals surface area contributed by atoms with Gasteiger partial charge in [0.25, 0.3) is 0 Å². The number of hydrogen-bond donors (Lipinski definition) is 2. The third-order valence-electron chi connectivity index (χ3n) is 4.32. The summed E-state index contributed by atoms with van der Waals surface area (Å²) in [5, 5.41) is 4.05. The van der Waals surface area contributed by atoms with Gasteiger partial charge < -0.3 is 15.8 Å². The minimum atomic E-state index is -0.645. The van der Waals surface area contributed by atoms with E-state index >= 15 is 0 Å². The lowest BCUT2D eigenvalue weighted by Crippen LogP contribution is -2.52. The average molecular weight is 285 g/mol. The molecular formula is C16H19N3O2. The van der Waals surface area contributed by atoms with Gasteiger partial charge in [-0.1, -0.05) is 6.07 Å². The molecular weight excluding hydrogens is 266 g/mol. The summed E-state index contributed by atoms with van der Waals surface area (Å²) in [5.74, 6) is 0.498. The van der Waals surface area contributed by atoms with Gasteiger partial charge >= 0.3 is 0 Å². The molecule has 21 heavy (non-hydrogen) atoms. The second-order valence-corrected chi connectivity index (χ2v) is 5.51. The zero-order valence-corrected chi connectivity index (χ0v) is 12.0. The fourth-order valence-electron chi connectivity index (χ4n) is 3.03. The van der Waals surface area contributed by atoms with Crippen molar-refractivity contribution in [2.75, 3.05) is 7.05 Å². The molecule has 0 radical (unpaired) electrons. The van der Waals surface area contributed by atoms with Gasteiger partial charge in [-0.2, -0.15) is 0 Å². The molecule has 0 spiro atoms. The van der Waals surface area contributed by atoms with Gasteiger partial charge in [0.2, 0.25) is 5.91 Å². The maximum atomic E-state index is 11.7. The number of carbonyl (C=O) groups is 1. The fraction of sp³-hybridized carbons (Fsp3) is 0.375. The van der Waals surface area contributed by atoms with Gasteiger partial charge in [0.1, 0.15) is 17.4 Å². The highest BCUT2D eigenvalue weighted by Gasteiger charge is 2.43. The molecule has 1 amide bonds. The Balaban J connectivity index is 1.83. The predicted molar refractivity (Wildman–Crippen MR) is 81.0 cm³/mol. The maximum absolute atomic E-state index is 11.7. The van der Waals surface area contributed by atoms with Crippen LogP contribution in [0.25, 0.3) is 10.9 Å². The number of nitrogens with two attached hydrogens (primary N) is 1. The number of likely N-dealkylation sites (N-methyl/N-ethyl adjacent to an activating group) is 1. The van der Waals surface area contributed by atoms with Crippen molar-refractivity contribution in [3.63, 3.8) is 0 Å². The number of fused-ring (bicyclic) bond motifs is 1. The largest absolute Gasteiger partial charge is 0.490 e. The quantitative estimate of drug-likeness (QED) is 0.894. The molecule has 2 unspecified atom stereocenters. The van der Waals surface area contributed by atoms with Crippen molar-refractivity contribution in [1.29, 1.82) is 0 Å². The van der Waals surface area contributed by atoms with Crippen LogP contribution < -0.4 is 15.8 Å². The summed E-state index contributed by atoms with van der Waals surface area (Å²) < 4.78 is 6.11. The Bertz CT molecular complexity index is 668. The van der Waals surface area contributed by atoms with Crippen molar-refractivity contribution in [1.82, 2.24) is 10.3 Å². The Kier molecular flexibility index (Phi) is 3.51. The number of rotatable bonds is 4. The standard InChI is InChI=1S/C16H19N3O2/c1-18-16(15(17)20)8-7-11(10-16)21-14-6-2-5-13-12(14)4-3-9-19-13/h2-6,9,11,18H,7-8,10H2,1H3,(H2,17,20). The smallest absolute Gasteiger partial charge is 0.237 e. The number of nitrogens with one attached hydrogen (secondary N) is 1. The molecule has 2 atom stereocenters. The van der Waals surface area contributed by atoms with Gasteiger partial charge in [0, 0.05) is 18.0 Å². The summed E-state index contributed by atoms with van der Waals surface area (Å²) in [6.45, 7) is 0. The normalized spacial score (nSPS) is 25.1. The zero-order valence-electron chi connectivity index (χ0n) is 12.0. The van der Waals surface area contributed by atoms with Gasteiger partial charge in [0.05, 0.1) is 5.52 Å². The maximum Gasteiger partial charge on any atom is 0.237 e. The Morgan fingerprint density at radius 2 is 2.29 bits per heavy atom. The van der Waals surface area contributed by atoms with E-state index in [9.17, 15) is 4.79 Å². The number of aromatic nitrogens is 1. The molecule has 3 rings (SSSR count). The van der Waals surface area contributed by atoms with Crippen LogP contribution in [-0.4, -0.2) is 29.6 Å². The van der Waals surface area contributed by atoms with Crippen molar-refractivity contribution >= 4 is 16.8 Å². The van der Waals surface area contributed by atoms with Crippen molar-refractivity contribution in [3.8, 4) is 5.75 Å². The summed E-state index contributed by atoms with van der Waals surface area (Å²) in [4.78, 5) is 16.0. The summed E-state index contributed by atoms with van der Waals surface area (Å²) in [6.07, 6.45) is 3.85. The number of ether oxygens (including phenoxy) is 1. The summed E-state index contributed by atoms with van der Waals surface area (Å²) in [6, 6.07) is 9.71. The molecule has 1 aromatic heterocycles. The summed E-state index contributed by atoms with van der Waals surface area (Å²) >= 11 is 0. The van der Waals surface area contributed by atoms with E-state index in [-0.39, 0.29) is 12.0 Å². The number of pyridine rings is 1. The number of nitrogens with zero attached hydrogens (tertiary/aromatic N) is 1. The van der Waals surface area contributed by atoms with Crippen molar-refractivity contribution in [2.24, 2.45) is 5.73 Å². The lowest BCUT2D eigenvalue weighted by atomic mass is 9.97. The lowest BCUT2D eigenvalue weighted by molar-refractivity contribution is -0.124. The second kappa shape index (κ2) is 5.33. The average Bonchev–Trinajstić information content (AvgIpc) is 2.92. The monoisotopic (exact) mass is 285 g/mol. The summed E-state index contributed by atoms with van der Waals surface area (Å²) in [5.41, 5.74) is 5.78. The fourth-order valence-corrected chi connectivity index (χ4v) is 3.03. The van der Waals surface area contributed by atoms with Crippen LogP contribution in [0.5, 0.6) is 5.75 Å². The van der Waals surface area contributed by atoms with E-state index in [0.717, 1.165) is 23.1 Å². The molecule has 1 aliphatic rings. The second-order valence-electron chi connectivity index (χ2n) is 5.51. The third kappa shape index (κ3) is 2.45. The zero-order chi connectivity index (χ0) is 14.9. The third-order valence-corrected chi connectivity index (χ3v) is 4.32. The molecule has 0 saturated heterocycles. The molecule has 1 aliphatic carbocycles. The number of primary amides is 1. The number of amides is 1. The van der Waals surface area contributed by atoms with E-state index < -0.39 is 5.54 Å². The highest BCUT2D eigenvalue weighted by Crippen LogP contribution is 2.34. The van der Waals surface area contributed by atoms with Crippen LogP contribution in [0.4, 0.5) is 0 Å². The Hall–Kier alpha value is -2.14. The molecule has 1 fully saturated rings. The van der Waals surface area contributed by atoms with Gasteiger partial charge in [-0.15, -0.1) is 0 Å². The number of hydrogen-bond acceptors (Lipinski definition) is 4. The van der Waals surface area contributed by atoms with E-state index in [2.05, 4.69) is 10.3 Å². The molecule has 1 saturated carbocycles. The van der Waals surface area contributed by atoms with Crippen LogP contribution in [0.3, 0.4) is 0 Å². The van der Waals surface area contributed by atoms with Crippen LogP contribution in [0, 0.1) is 0 Å². The van der Waals surface area contributed by atoms with Gasteiger partial charge in [-0.25, -0.2) is 0 Å². The topological polar surface area (TPSA) is 77.2 Å².